The molecule has 0 saturated carbocycles. The average molecular weight is 402 g/mol. The van der Waals surface area contributed by atoms with Crippen LogP contribution in [-0.4, -0.2) is 48.2 Å². The second-order valence-electron chi connectivity index (χ2n) is 6.29. The number of hydrogen-bond donors (Lipinski definition) is 3. The van der Waals surface area contributed by atoms with Crippen molar-refractivity contribution in [1.82, 2.24) is 5.32 Å². The van der Waals surface area contributed by atoms with E-state index in [1.807, 2.05) is 0 Å². The summed E-state index contributed by atoms with van der Waals surface area (Å²) in [6.07, 6.45) is -1.52. The van der Waals surface area contributed by atoms with Crippen molar-refractivity contribution in [3.63, 3.8) is 0 Å². The van der Waals surface area contributed by atoms with Gasteiger partial charge >= 0.3 is 5.63 Å². The van der Waals surface area contributed by atoms with Crippen molar-refractivity contribution in [2.24, 2.45) is 0 Å². The number of sulfone groups is 1. The number of phenols is 1. The number of hydrogen-bond acceptors (Lipinski definition) is 7. The van der Waals surface area contributed by atoms with Gasteiger partial charge in [-0.25, -0.2) is 13.2 Å². The Morgan fingerprint density at radius 1 is 1.38 bits per heavy atom. The van der Waals surface area contributed by atoms with Gasteiger partial charge in [0.2, 0.25) is 5.91 Å². The minimum absolute atomic E-state index is 0.0733. The zero-order chi connectivity index (χ0) is 19.2. The lowest BCUT2D eigenvalue weighted by atomic mass is 10.0. The van der Waals surface area contributed by atoms with Crippen LogP contribution in [0.25, 0.3) is 11.0 Å². The molecule has 1 saturated heterocycles. The van der Waals surface area contributed by atoms with E-state index in [0.29, 0.717) is 10.9 Å². The predicted octanol–water partition coefficient (Wildman–Crippen LogP) is 0.277. The molecular weight excluding hydrogens is 386 g/mol. The number of rotatable bonds is 3. The maximum atomic E-state index is 12.2. The number of carbonyl (C=O) groups excluding carboxylic acids is 1. The average Bonchev–Trinajstić information content (AvgIpc) is 2.78. The number of benzene rings is 1. The maximum absolute atomic E-state index is 12.2. The lowest BCUT2D eigenvalue weighted by molar-refractivity contribution is -0.121. The molecule has 1 aliphatic heterocycles. The van der Waals surface area contributed by atoms with Gasteiger partial charge in [0.05, 0.1) is 40.7 Å². The zero-order valence-electron chi connectivity index (χ0n) is 13.7. The summed E-state index contributed by atoms with van der Waals surface area (Å²) in [7, 11) is -3.40. The SMILES string of the molecule is Cc1c(CC(=O)NC2CS(=O)(=O)CC2O)c(=O)oc2cc(O)c(Cl)cc12. The van der Waals surface area contributed by atoms with E-state index < -0.39 is 39.3 Å². The Morgan fingerprint density at radius 2 is 2.08 bits per heavy atom. The molecule has 2 unspecified atom stereocenters. The van der Waals surface area contributed by atoms with E-state index in [9.17, 15) is 28.2 Å². The molecule has 140 valence electrons. The highest BCUT2D eigenvalue weighted by Crippen LogP contribution is 2.30. The van der Waals surface area contributed by atoms with Crippen molar-refractivity contribution in [2.45, 2.75) is 25.5 Å². The van der Waals surface area contributed by atoms with Crippen LogP contribution in [0.5, 0.6) is 5.75 Å². The van der Waals surface area contributed by atoms with Crippen molar-refractivity contribution < 1.29 is 27.8 Å². The number of phenolic OH excluding ortho intramolecular Hbond substituents is 1. The minimum atomic E-state index is -3.40. The molecular formula is C16H16ClNO7S. The molecule has 8 nitrogen and oxygen atoms in total. The third kappa shape index (κ3) is 3.55. The first-order chi connectivity index (χ1) is 12.1. The molecule has 0 bridgehead atoms. The summed E-state index contributed by atoms with van der Waals surface area (Å²) in [6, 6.07) is 1.74. The van der Waals surface area contributed by atoms with E-state index in [4.69, 9.17) is 16.0 Å². The molecule has 3 rings (SSSR count). The predicted molar refractivity (Wildman–Crippen MR) is 94.2 cm³/mol. The third-order valence-electron chi connectivity index (χ3n) is 4.36. The molecule has 10 heteroatoms. The van der Waals surface area contributed by atoms with Crippen molar-refractivity contribution in [3.05, 3.63) is 38.7 Å². The Balaban J connectivity index is 1.88. The number of aliphatic hydroxyl groups is 1. The number of amides is 1. The van der Waals surface area contributed by atoms with E-state index >= 15 is 0 Å². The minimum Gasteiger partial charge on any atom is -0.506 e. The van der Waals surface area contributed by atoms with Crippen LogP contribution in [0.4, 0.5) is 0 Å². The molecule has 0 spiro atoms. The number of aromatic hydroxyl groups is 1. The van der Waals surface area contributed by atoms with Crippen LogP contribution < -0.4 is 10.9 Å². The van der Waals surface area contributed by atoms with E-state index in [1.54, 1.807) is 6.92 Å². The monoisotopic (exact) mass is 401 g/mol. The number of aliphatic hydroxyl groups excluding tert-OH is 1. The largest absolute Gasteiger partial charge is 0.506 e. The Bertz CT molecular complexity index is 1060. The fraction of sp³-hybridized carbons (Fsp3) is 0.375. The van der Waals surface area contributed by atoms with Gasteiger partial charge in [0.25, 0.3) is 0 Å². The van der Waals surface area contributed by atoms with Gasteiger partial charge in [-0.1, -0.05) is 11.6 Å². The third-order valence-corrected chi connectivity index (χ3v) is 6.38. The topological polar surface area (TPSA) is 134 Å². The first kappa shape index (κ1) is 18.7. The molecule has 1 aromatic heterocycles. The van der Waals surface area contributed by atoms with E-state index in [0.717, 1.165) is 0 Å². The van der Waals surface area contributed by atoms with Gasteiger partial charge in [0.1, 0.15) is 11.3 Å². The number of aryl methyl sites for hydroxylation is 1. The molecule has 2 atom stereocenters. The molecule has 3 N–H and O–H groups in total. The molecule has 1 aliphatic rings. The fourth-order valence-corrected chi connectivity index (χ4v) is 4.89. The number of fused-ring (bicyclic) bond motifs is 1. The molecule has 1 aromatic carbocycles. The van der Waals surface area contributed by atoms with Gasteiger partial charge < -0.3 is 19.9 Å². The lowest BCUT2D eigenvalue weighted by Crippen LogP contribution is -2.43. The van der Waals surface area contributed by atoms with Gasteiger partial charge in [-0.15, -0.1) is 0 Å². The second kappa shape index (κ2) is 6.57. The summed E-state index contributed by atoms with van der Waals surface area (Å²) < 4.78 is 28.1. The summed E-state index contributed by atoms with van der Waals surface area (Å²) in [6.45, 7) is 1.62. The molecule has 0 radical (unpaired) electrons. The number of carbonyl (C=O) groups is 1. The van der Waals surface area contributed by atoms with E-state index in [2.05, 4.69) is 5.32 Å². The Kier molecular flexibility index (Phi) is 4.72. The molecule has 2 aromatic rings. The summed E-state index contributed by atoms with van der Waals surface area (Å²) in [4.78, 5) is 24.4. The summed E-state index contributed by atoms with van der Waals surface area (Å²) in [5, 5.41) is 22.3. The summed E-state index contributed by atoms with van der Waals surface area (Å²) in [5.74, 6) is -1.59. The normalized spacial score (nSPS) is 21.8. The van der Waals surface area contributed by atoms with Crippen LogP contribution in [0.3, 0.4) is 0 Å². The molecule has 1 fully saturated rings. The van der Waals surface area contributed by atoms with Crippen LogP contribution >= 0.6 is 11.6 Å². The van der Waals surface area contributed by atoms with Gasteiger partial charge in [-0.3, -0.25) is 4.79 Å². The van der Waals surface area contributed by atoms with Crippen LogP contribution in [0.2, 0.25) is 5.02 Å². The van der Waals surface area contributed by atoms with Gasteiger partial charge in [-0.2, -0.15) is 0 Å². The summed E-state index contributed by atoms with van der Waals surface area (Å²) >= 11 is 5.88. The molecule has 1 amide bonds. The van der Waals surface area contributed by atoms with Crippen molar-refractivity contribution in [3.8, 4) is 5.75 Å². The van der Waals surface area contributed by atoms with Crippen LogP contribution in [0.15, 0.2) is 21.3 Å². The van der Waals surface area contributed by atoms with Crippen LogP contribution in [0, 0.1) is 6.92 Å². The van der Waals surface area contributed by atoms with Crippen molar-refractivity contribution in [1.29, 1.82) is 0 Å². The first-order valence-corrected chi connectivity index (χ1v) is 9.90. The highest BCUT2D eigenvalue weighted by atomic mass is 35.5. The fourth-order valence-electron chi connectivity index (χ4n) is 2.99. The Hall–Kier alpha value is -2.10. The Labute approximate surface area is 153 Å². The van der Waals surface area contributed by atoms with Gasteiger partial charge in [0, 0.05) is 11.5 Å². The van der Waals surface area contributed by atoms with E-state index in [-0.39, 0.29) is 34.1 Å². The number of halogens is 1. The molecule has 2 heterocycles. The molecule has 26 heavy (non-hydrogen) atoms. The first-order valence-electron chi connectivity index (χ1n) is 7.70. The highest BCUT2D eigenvalue weighted by Gasteiger charge is 2.37. The van der Waals surface area contributed by atoms with Crippen molar-refractivity contribution >= 4 is 38.3 Å². The smallest absolute Gasteiger partial charge is 0.340 e. The maximum Gasteiger partial charge on any atom is 0.340 e. The van der Waals surface area contributed by atoms with E-state index in [1.165, 1.54) is 12.1 Å². The van der Waals surface area contributed by atoms with Crippen LogP contribution in [-0.2, 0) is 21.1 Å². The second-order valence-corrected chi connectivity index (χ2v) is 8.85. The lowest BCUT2D eigenvalue weighted by Gasteiger charge is -2.15. The highest BCUT2D eigenvalue weighted by molar-refractivity contribution is 7.91. The van der Waals surface area contributed by atoms with Gasteiger partial charge in [-0.05, 0) is 18.6 Å². The zero-order valence-corrected chi connectivity index (χ0v) is 15.2. The van der Waals surface area contributed by atoms with Gasteiger partial charge in [0.15, 0.2) is 9.84 Å². The molecule has 0 aliphatic carbocycles. The quantitative estimate of drug-likeness (QED) is 0.628. The number of nitrogens with one attached hydrogen (secondary N) is 1. The van der Waals surface area contributed by atoms with Crippen molar-refractivity contribution in [2.75, 3.05) is 11.5 Å². The van der Waals surface area contributed by atoms with Crippen LogP contribution in [0.1, 0.15) is 11.1 Å². The standard InChI is InChI=1S/C16H16ClNO7S/c1-7-8-2-10(17)12(19)4-14(8)25-16(22)9(7)3-15(21)18-11-5-26(23,24)6-13(11)20/h2,4,11,13,19-20H,3,5-6H2,1H3,(H,18,21). The Morgan fingerprint density at radius 3 is 2.69 bits per heavy atom. The summed E-state index contributed by atoms with van der Waals surface area (Å²) in [5.41, 5.74) is -0.0534.